The number of carbonyl (C=O) groups excluding carboxylic acids is 1. The van der Waals surface area contributed by atoms with Gasteiger partial charge in [0.05, 0.1) is 5.02 Å². The minimum absolute atomic E-state index is 0.0867. The molecule has 0 saturated carbocycles. The van der Waals surface area contributed by atoms with Gasteiger partial charge in [0.25, 0.3) is 0 Å². The van der Waals surface area contributed by atoms with Crippen molar-refractivity contribution in [2.24, 2.45) is 5.92 Å². The van der Waals surface area contributed by atoms with Gasteiger partial charge in [0, 0.05) is 13.0 Å². The maximum absolute atomic E-state index is 11.6. The van der Waals surface area contributed by atoms with E-state index in [1.165, 1.54) is 0 Å². The molecule has 0 aromatic heterocycles. The number of carbonyl (C=O) groups is 1. The fourth-order valence-electron chi connectivity index (χ4n) is 2.10. The summed E-state index contributed by atoms with van der Waals surface area (Å²) >= 11 is 6.17. The summed E-state index contributed by atoms with van der Waals surface area (Å²) in [6, 6.07) is 3.79. The Morgan fingerprint density at radius 3 is 2.85 bits per heavy atom. The van der Waals surface area contributed by atoms with Gasteiger partial charge in [-0.25, -0.2) is 0 Å². The first-order chi connectivity index (χ1) is 9.56. The number of rotatable bonds is 5. The quantitative estimate of drug-likeness (QED) is 0.909. The van der Waals surface area contributed by atoms with E-state index in [9.17, 15) is 4.79 Å². The van der Waals surface area contributed by atoms with Gasteiger partial charge in [-0.2, -0.15) is 0 Å². The number of halogens is 1. The van der Waals surface area contributed by atoms with E-state index in [4.69, 9.17) is 21.1 Å². The Bertz CT molecular complexity index is 488. The normalized spacial score (nSPS) is 13.4. The predicted octanol–water partition coefficient (Wildman–Crippen LogP) is 2.82. The Labute approximate surface area is 124 Å². The zero-order valence-corrected chi connectivity index (χ0v) is 12.6. The highest BCUT2D eigenvalue weighted by Crippen LogP contribution is 2.38. The van der Waals surface area contributed by atoms with Crippen LogP contribution in [0.4, 0.5) is 0 Å². The van der Waals surface area contributed by atoms with Crippen molar-refractivity contribution in [3.8, 4) is 11.5 Å². The molecule has 0 fully saturated rings. The average molecular weight is 298 g/mol. The van der Waals surface area contributed by atoms with Crippen molar-refractivity contribution < 1.29 is 14.3 Å². The molecule has 1 amide bonds. The van der Waals surface area contributed by atoms with Crippen molar-refractivity contribution in [3.05, 3.63) is 22.7 Å². The molecule has 1 aromatic carbocycles. The molecule has 5 heteroatoms. The molecular weight excluding hydrogens is 278 g/mol. The molecule has 1 aliphatic rings. The second-order valence-corrected chi connectivity index (χ2v) is 5.71. The molecule has 110 valence electrons. The Morgan fingerprint density at radius 1 is 1.35 bits per heavy atom. The summed E-state index contributed by atoms with van der Waals surface area (Å²) in [5, 5.41) is 3.47. The van der Waals surface area contributed by atoms with Crippen molar-refractivity contribution in [1.29, 1.82) is 0 Å². The number of hydrogen-bond acceptors (Lipinski definition) is 3. The van der Waals surface area contributed by atoms with E-state index in [0.717, 1.165) is 12.0 Å². The van der Waals surface area contributed by atoms with Gasteiger partial charge in [0.2, 0.25) is 5.91 Å². The molecule has 0 bridgehead atoms. The predicted molar refractivity (Wildman–Crippen MR) is 78.6 cm³/mol. The van der Waals surface area contributed by atoms with Gasteiger partial charge >= 0.3 is 0 Å². The Balaban J connectivity index is 1.90. The van der Waals surface area contributed by atoms with Crippen molar-refractivity contribution in [1.82, 2.24) is 5.32 Å². The third-order valence-electron chi connectivity index (χ3n) is 2.99. The average Bonchev–Trinajstić information content (AvgIpc) is 2.38. The van der Waals surface area contributed by atoms with Gasteiger partial charge in [-0.1, -0.05) is 25.4 Å². The number of nitrogens with one attached hydrogen (secondary N) is 1. The van der Waals surface area contributed by atoms with Crippen LogP contribution in [0, 0.1) is 5.92 Å². The van der Waals surface area contributed by atoms with Gasteiger partial charge in [0.1, 0.15) is 13.2 Å². The number of fused-ring (bicyclic) bond motifs is 1. The van der Waals surface area contributed by atoms with Crippen molar-refractivity contribution >= 4 is 17.5 Å². The summed E-state index contributed by atoms with van der Waals surface area (Å²) in [4.78, 5) is 11.6. The monoisotopic (exact) mass is 297 g/mol. The van der Waals surface area contributed by atoms with Gasteiger partial charge < -0.3 is 14.8 Å². The Morgan fingerprint density at radius 2 is 2.10 bits per heavy atom. The molecule has 0 atom stereocenters. The van der Waals surface area contributed by atoms with Crippen molar-refractivity contribution in [2.45, 2.75) is 26.7 Å². The second kappa shape index (κ2) is 6.84. The maximum atomic E-state index is 11.6. The van der Waals surface area contributed by atoms with Gasteiger partial charge in [-0.05, 0) is 30.0 Å². The standard InChI is InChI=1S/C15H20ClNO3/c1-10(2)7-14(18)17-4-3-11-8-12(16)15-13(9-11)19-5-6-20-15/h8-10H,3-7H2,1-2H3,(H,17,18). The minimum Gasteiger partial charge on any atom is -0.486 e. The first-order valence-corrected chi connectivity index (χ1v) is 7.28. The van der Waals surface area contributed by atoms with Crippen molar-refractivity contribution in [3.63, 3.8) is 0 Å². The molecule has 4 nitrogen and oxygen atoms in total. The van der Waals surface area contributed by atoms with Crippen LogP contribution in [-0.4, -0.2) is 25.7 Å². The molecule has 20 heavy (non-hydrogen) atoms. The molecule has 0 unspecified atom stereocenters. The highest BCUT2D eigenvalue weighted by Gasteiger charge is 2.16. The van der Waals surface area contributed by atoms with Gasteiger partial charge in [0.15, 0.2) is 11.5 Å². The van der Waals surface area contributed by atoms with E-state index in [0.29, 0.717) is 48.6 Å². The largest absolute Gasteiger partial charge is 0.486 e. The summed E-state index contributed by atoms with van der Waals surface area (Å²) in [6.45, 7) is 5.72. The van der Waals surface area contributed by atoms with Crippen molar-refractivity contribution in [2.75, 3.05) is 19.8 Å². The number of amides is 1. The summed E-state index contributed by atoms with van der Waals surface area (Å²) < 4.78 is 11.0. The lowest BCUT2D eigenvalue weighted by molar-refractivity contribution is -0.121. The van der Waals surface area contributed by atoms with E-state index in [-0.39, 0.29) is 5.91 Å². The first-order valence-electron chi connectivity index (χ1n) is 6.91. The Kier molecular flexibility index (Phi) is 5.12. The zero-order valence-electron chi connectivity index (χ0n) is 11.9. The molecule has 1 heterocycles. The van der Waals surface area contributed by atoms with Crippen LogP contribution >= 0.6 is 11.6 Å². The highest BCUT2D eigenvalue weighted by molar-refractivity contribution is 6.32. The fraction of sp³-hybridized carbons (Fsp3) is 0.533. The van der Waals surface area contributed by atoms with Crippen LogP contribution in [0.15, 0.2) is 12.1 Å². The highest BCUT2D eigenvalue weighted by atomic mass is 35.5. The smallest absolute Gasteiger partial charge is 0.220 e. The summed E-state index contributed by atoms with van der Waals surface area (Å²) in [6.07, 6.45) is 1.28. The molecule has 1 aromatic rings. The van der Waals surface area contributed by atoms with Crippen LogP contribution in [0.3, 0.4) is 0 Å². The first kappa shape index (κ1) is 15.0. The number of hydrogen-bond donors (Lipinski definition) is 1. The molecule has 1 N–H and O–H groups in total. The topological polar surface area (TPSA) is 47.6 Å². The summed E-state index contributed by atoms with van der Waals surface area (Å²) in [7, 11) is 0. The minimum atomic E-state index is 0.0867. The SMILES string of the molecule is CC(C)CC(=O)NCCc1cc(Cl)c2c(c1)OCCO2. The molecule has 1 aliphatic heterocycles. The van der Waals surface area contributed by atoms with E-state index in [1.807, 2.05) is 26.0 Å². The Hall–Kier alpha value is -1.42. The molecule has 2 rings (SSSR count). The van der Waals surface area contributed by atoms with Gasteiger partial charge in [-0.15, -0.1) is 0 Å². The van der Waals surface area contributed by atoms with E-state index >= 15 is 0 Å². The number of benzene rings is 1. The second-order valence-electron chi connectivity index (χ2n) is 5.30. The van der Waals surface area contributed by atoms with Gasteiger partial charge in [-0.3, -0.25) is 4.79 Å². The van der Waals surface area contributed by atoms with E-state index in [1.54, 1.807) is 0 Å². The third-order valence-corrected chi connectivity index (χ3v) is 3.27. The van der Waals surface area contributed by atoms with Crippen LogP contribution in [-0.2, 0) is 11.2 Å². The van der Waals surface area contributed by atoms with Crippen LogP contribution < -0.4 is 14.8 Å². The summed E-state index contributed by atoms with van der Waals surface area (Å²) in [5.74, 6) is 1.76. The van der Waals surface area contributed by atoms with Crippen LogP contribution in [0.5, 0.6) is 11.5 Å². The van der Waals surface area contributed by atoms with Crippen LogP contribution in [0.1, 0.15) is 25.8 Å². The molecular formula is C15H20ClNO3. The van der Waals surface area contributed by atoms with E-state index in [2.05, 4.69) is 5.32 Å². The molecule has 0 spiro atoms. The third kappa shape index (κ3) is 4.04. The molecule has 0 saturated heterocycles. The molecule has 0 radical (unpaired) electrons. The summed E-state index contributed by atoms with van der Waals surface area (Å²) in [5.41, 5.74) is 1.03. The van der Waals surface area contributed by atoms with Crippen LogP contribution in [0.2, 0.25) is 5.02 Å². The fourth-order valence-corrected chi connectivity index (χ4v) is 2.39. The van der Waals surface area contributed by atoms with E-state index < -0.39 is 0 Å². The lowest BCUT2D eigenvalue weighted by atomic mass is 10.1. The lowest BCUT2D eigenvalue weighted by Gasteiger charge is -2.20. The maximum Gasteiger partial charge on any atom is 0.220 e. The van der Waals surface area contributed by atoms with Crippen LogP contribution in [0.25, 0.3) is 0 Å². The lowest BCUT2D eigenvalue weighted by Crippen LogP contribution is -2.26. The zero-order chi connectivity index (χ0) is 14.5. The molecule has 0 aliphatic carbocycles. The number of ether oxygens (including phenoxy) is 2.